The van der Waals surface area contributed by atoms with Crippen LogP contribution >= 0.6 is 0 Å². The monoisotopic (exact) mass is 322 g/mol. The molecular formula is C19H15FN2O2. The van der Waals surface area contributed by atoms with E-state index in [1.54, 1.807) is 25.3 Å². The molecule has 0 fully saturated rings. The Balaban J connectivity index is 2.11. The van der Waals surface area contributed by atoms with E-state index in [1.807, 2.05) is 30.3 Å². The fourth-order valence-corrected chi connectivity index (χ4v) is 2.30. The van der Waals surface area contributed by atoms with Crippen molar-refractivity contribution in [3.8, 4) is 22.5 Å². The highest BCUT2D eigenvalue weighted by molar-refractivity contribution is 5.95. The molecule has 0 aliphatic heterocycles. The van der Waals surface area contributed by atoms with Gasteiger partial charge in [0.1, 0.15) is 5.82 Å². The van der Waals surface area contributed by atoms with Crippen molar-refractivity contribution in [2.75, 3.05) is 6.61 Å². The molecule has 0 aliphatic rings. The molecule has 5 heteroatoms. The van der Waals surface area contributed by atoms with Crippen LogP contribution in [0.15, 0.2) is 60.8 Å². The van der Waals surface area contributed by atoms with E-state index in [2.05, 4.69) is 9.97 Å². The first-order valence-corrected chi connectivity index (χ1v) is 7.54. The molecule has 3 aromatic rings. The minimum atomic E-state index is -0.531. The van der Waals surface area contributed by atoms with E-state index >= 15 is 0 Å². The Morgan fingerprint density at radius 1 is 1.04 bits per heavy atom. The number of esters is 1. The maximum Gasteiger partial charge on any atom is 0.357 e. The largest absolute Gasteiger partial charge is 0.461 e. The van der Waals surface area contributed by atoms with Crippen molar-refractivity contribution >= 4 is 5.97 Å². The smallest absolute Gasteiger partial charge is 0.357 e. The van der Waals surface area contributed by atoms with Gasteiger partial charge in [-0.1, -0.05) is 42.5 Å². The normalized spacial score (nSPS) is 10.4. The van der Waals surface area contributed by atoms with E-state index in [1.165, 1.54) is 12.1 Å². The third-order valence-corrected chi connectivity index (χ3v) is 3.44. The van der Waals surface area contributed by atoms with Crippen LogP contribution in [0.2, 0.25) is 0 Å². The van der Waals surface area contributed by atoms with Gasteiger partial charge in [-0.2, -0.15) is 0 Å². The van der Waals surface area contributed by atoms with Crippen molar-refractivity contribution in [2.45, 2.75) is 6.92 Å². The molecule has 0 saturated heterocycles. The number of nitrogens with zero attached hydrogens (tertiary/aromatic N) is 2. The van der Waals surface area contributed by atoms with E-state index < -0.39 is 5.97 Å². The summed E-state index contributed by atoms with van der Waals surface area (Å²) >= 11 is 0. The average Bonchev–Trinajstić information content (AvgIpc) is 2.63. The van der Waals surface area contributed by atoms with E-state index in [9.17, 15) is 9.18 Å². The van der Waals surface area contributed by atoms with Gasteiger partial charge in [0, 0.05) is 17.3 Å². The highest BCUT2D eigenvalue weighted by atomic mass is 19.1. The van der Waals surface area contributed by atoms with Crippen molar-refractivity contribution in [2.24, 2.45) is 0 Å². The van der Waals surface area contributed by atoms with Crippen LogP contribution in [0.3, 0.4) is 0 Å². The summed E-state index contributed by atoms with van der Waals surface area (Å²) in [6, 6.07) is 15.2. The van der Waals surface area contributed by atoms with E-state index in [0.29, 0.717) is 17.0 Å². The molecule has 4 nitrogen and oxygen atoms in total. The molecule has 3 rings (SSSR count). The molecule has 0 bridgehead atoms. The first kappa shape index (κ1) is 15.8. The van der Waals surface area contributed by atoms with Gasteiger partial charge in [0.15, 0.2) is 11.5 Å². The number of rotatable bonds is 4. The van der Waals surface area contributed by atoms with Gasteiger partial charge < -0.3 is 4.74 Å². The summed E-state index contributed by atoms with van der Waals surface area (Å²) in [5, 5.41) is 0. The predicted octanol–water partition coefficient (Wildman–Crippen LogP) is 4.13. The second kappa shape index (κ2) is 7.00. The Hall–Kier alpha value is -3.08. The van der Waals surface area contributed by atoms with Crippen LogP contribution in [0.25, 0.3) is 22.5 Å². The van der Waals surface area contributed by atoms with Crippen LogP contribution in [0, 0.1) is 5.82 Å². The molecule has 1 heterocycles. The number of carbonyl (C=O) groups excluding carboxylic acids is 1. The highest BCUT2D eigenvalue weighted by Crippen LogP contribution is 2.25. The van der Waals surface area contributed by atoms with Crippen molar-refractivity contribution in [3.05, 3.63) is 72.3 Å². The molecule has 0 aliphatic carbocycles. The average molecular weight is 322 g/mol. The lowest BCUT2D eigenvalue weighted by molar-refractivity contribution is 0.0520. The van der Waals surface area contributed by atoms with Crippen LogP contribution in [-0.2, 0) is 4.74 Å². The van der Waals surface area contributed by atoms with Crippen LogP contribution in [0.5, 0.6) is 0 Å². The number of carbonyl (C=O) groups is 1. The molecule has 0 N–H and O–H groups in total. The Morgan fingerprint density at radius 3 is 2.42 bits per heavy atom. The summed E-state index contributed by atoms with van der Waals surface area (Å²) < 4.78 is 18.2. The summed E-state index contributed by atoms with van der Waals surface area (Å²) in [7, 11) is 0. The maximum atomic E-state index is 13.1. The fourth-order valence-electron chi connectivity index (χ4n) is 2.30. The molecular weight excluding hydrogens is 307 g/mol. The molecule has 0 spiro atoms. The van der Waals surface area contributed by atoms with Gasteiger partial charge in [-0.15, -0.1) is 0 Å². The third kappa shape index (κ3) is 3.30. The first-order chi connectivity index (χ1) is 11.7. The Bertz CT molecular complexity index is 849. The quantitative estimate of drug-likeness (QED) is 0.678. The summed E-state index contributed by atoms with van der Waals surface area (Å²) in [6.45, 7) is 1.97. The van der Waals surface area contributed by atoms with E-state index in [4.69, 9.17) is 4.74 Å². The molecule has 0 unspecified atom stereocenters. The fraction of sp³-hybridized carbons (Fsp3) is 0.105. The zero-order chi connectivity index (χ0) is 16.9. The van der Waals surface area contributed by atoms with E-state index in [-0.39, 0.29) is 18.1 Å². The second-order valence-corrected chi connectivity index (χ2v) is 5.05. The standard InChI is InChI=1S/C19H15FN2O2/c1-2-24-19(23)17-16(13-8-10-15(20)11-9-13)12-21-18(22-17)14-6-4-3-5-7-14/h3-12H,2H2,1H3. The molecule has 2 aromatic carbocycles. The lowest BCUT2D eigenvalue weighted by Crippen LogP contribution is -2.10. The minimum absolute atomic E-state index is 0.164. The predicted molar refractivity (Wildman–Crippen MR) is 88.8 cm³/mol. The zero-order valence-corrected chi connectivity index (χ0v) is 13.1. The van der Waals surface area contributed by atoms with Crippen LogP contribution in [-0.4, -0.2) is 22.5 Å². The van der Waals surface area contributed by atoms with Gasteiger partial charge in [-0.3, -0.25) is 0 Å². The second-order valence-electron chi connectivity index (χ2n) is 5.05. The van der Waals surface area contributed by atoms with Crippen LogP contribution in [0.1, 0.15) is 17.4 Å². The molecule has 0 amide bonds. The van der Waals surface area contributed by atoms with Gasteiger partial charge in [0.05, 0.1) is 6.61 Å². The summed E-state index contributed by atoms with van der Waals surface area (Å²) in [4.78, 5) is 21.0. The Morgan fingerprint density at radius 2 is 1.75 bits per heavy atom. The number of benzene rings is 2. The first-order valence-electron chi connectivity index (χ1n) is 7.54. The molecule has 0 saturated carbocycles. The number of aromatic nitrogens is 2. The van der Waals surface area contributed by atoms with Gasteiger partial charge >= 0.3 is 5.97 Å². The molecule has 24 heavy (non-hydrogen) atoms. The van der Waals surface area contributed by atoms with Crippen molar-refractivity contribution in [3.63, 3.8) is 0 Å². The summed E-state index contributed by atoms with van der Waals surface area (Å²) in [6.07, 6.45) is 1.56. The molecule has 0 radical (unpaired) electrons. The molecule has 120 valence electrons. The maximum absolute atomic E-state index is 13.1. The Kier molecular flexibility index (Phi) is 4.61. The minimum Gasteiger partial charge on any atom is -0.461 e. The van der Waals surface area contributed by atoms with Gasteiger partial charge in [0.25, 0.3) is 0 Å². The van der Waals surface area contributed by atoms with E-state index in [0.717, 1.165) is 5.56 Å². The lowest BCUT2D eigenvalue weighted by Gasteiger charge is -2.10. The Labute approximate surface area is 139 Å². The van der Waals surface area contributed by atoms with Gasteiger partial charge in [-0.05, 0) is 24.6 Å². The summed E-state index contributed by atoms with van der Waals surface area (Å²) in [5.74, 6) is -0.445. The van der Waals surface area contributed by atoms with Crippen molar-refractivity contribution < 1.29 is 13.9 Å². The highest BCUT2D eigenvalue weighted by Gasteiger charge is 2.18. The number of halogens is 1. The van der Waals surface area contributed by atoms with Crippen LogP contribution < -0.4 is 0 Å². The number of hydrogen-bond donors (Lipinski definition) is 0. The van der Waals surface area contributed by atoms with Gasteiger partial charge in [-0.25, -0.2) is 19.2 Å². The van der Waals surface area contributed by atoms with Crippen molar-refractivity contribution in [1.29, 1.82) is 0 Å². The SMILES string of the molecule is CCOC(=O)c1nc(-c2ccccc2)ncc1-c1ccc(F)cc1. The zero-order valence-electron chi connectivity index (χ0n) is 13.1. The van der Waals surface area contributed by atoms with Crippen LogP contribution in [0.4, 0.5) is 4.39 Å². The number of hydrogen-bond acceptors (Lipinski definition) is 4. The van der Waals surface area contributed by atoms with Crippen molar-refractivity contribution in [1.82, 2.24) is 9.97 Å². The molecule has 0 atom stereocenters. The summed E-state index contributed by atoms with van der Waals surface area (Å²) in [5.41, 5.74) is 2.12. The molecule has 1 aromatic heterocycles. The lowest BCUT2D eigenvalue weighted by atomic mass is 10.1. The third-order valence-electron chi connectivity index (χ3n) is 3.44. The topological polar surface area (TPSA) is 52.1 Å². The van der Waals surface area contributed by atoms with Gasteiger partial charge in [0.2, 0.25) is 0 Å². The number of ether oxygens (including phenoxy) is 1.